The lowest BCUT2D eigenvalue weighted by molar-refractivity contribution is 0.601. The first-order valence-corrected chi connectivity index (χ1v) is 8.56. The van der Waals surface area contributed by atoms with Crippen LogP contribution in [0, 0.1) is 6.92 Å². The number of hydrogen-bond donors (Lipinski definition) is 2. The summed E-state index contributed by atoms with van der Waals surface area (Å²) in [5.74, 6) is -0.0467. The number of benzene rings is 1. The Kier molecular flexibility index (Phi) is 4.36. The number of aryl methyl sites for hydroxylation is 1. The third kappa shape index (κ3) is 3.31. The summed E-state index contributed by atoms with van der Waals surface area (Å²) >= 11 is 6.54. The molecule has 0 fully saturated rings. The fraction of sp³-hybridized carbons (Fsp3) is 0.0833. The van der Waals surface area contributed by atoms with Gasteiger partial charge in [0.25, 0.3) is 10.0 Å². The molecule has 0 aliphatic rings. The number of nitrogens with zero attached hydrogens (tertiary/aromatic N) is 1. The van der Waals surface area contributed by atoms with Crippen LogP contribution in [0.2, 0.25) is 0 Å². The van der Waals surface area contributed by atoms with Crippen LogP contribution < -0.4 is 10.5 Å². The minimum Gasteiger partial charge on any atom is -0.383 e. The fourth-order valence-corrected chi connectivity index (χ4v) is 3.45. The van der Waals surface area contributed by atoms with E-state index in [0.717, 1.165) is 10.0 Å². The van der Waals surface area contributed by atoms with Crippen LogP contribution in [-0.4, -0.2) is 13.4 Å². The Morgan fingerprint density at radius 3 is 2.60 bits per heavy atom. The lowest BCUT2D eigenvalue weighted by Crippen LogP contribution is -2.15. The van der Waals surface area contributed by atoms with Gasteiger partial charge in [0.05, 0.1) is 0 Å². The topological polar surface area (TPSA) is 85.1 Å². The largest absolute Gasteiger partial charge is 0.383 e. The van der Waals surface area contributed by atoms with Gasteiger partial charge in [0.15, 0.2) is 0 Å². The summed E-state index contributed by atoms with van der Waals surface area (Å²) in [6, 6.07) is 6.57. The fourth-order valence-electron chi connectivity index (χ4n) is 1.56. The molecule has 0 radical (unpaired) electrons. The minimum atomic E-state index is -3.78. The molecule has 8 heteroatoms. The highest BCUT2D eigenvalue weighted by Gasteiger charge is 2.19. The van der Waals surface area contributed by atoms with Gasteiger partial charge >= 0.3 is 0 Å². The standard InChI is InChI=1S/C12H11Br2N3O2S/c1-7-4-9(2-3-10(7)14)17-20(18,19)11-5-8(13)6-16-12(11)15/h2-6,17H,1H3,(H2,15,16). The van der Waals surface area contributed by atoms with E-state index in [2.05, 4.69) is 41.6 Å². The quantitative estimate of drug-likeness (QED) is 0.797. The minimum absolute atomic E-state index is 0.0467. The van der Waals surface area contributed by atoms with Gasteiger partial charge in [-0.25, -0.2) is 13.4 Å². The van der Waals surface area contributed by atoms with E-state index in [1.54, 1.807) is 18.2 Å². The number of anilines is 2. The predicted molar refractivity (Wildman–Crippen MR) is 86.0 cm³/mol. The number of sulfonamides is 1. The molecule has 1 aromatic heterocycles. The summed E-state index contributed by atoms with van der Waals surface area (Å²) in [4.78, 5) is 3.76. The molecule has 0 saturated carbocycles. The molecule has 20 heavy (non-hydrogen) atoms. The molecule has 1 heterocycles. The highest BCUT2D eigenvalue weighted by atomic mass is 79.9. The molecular weight excluding hydrogens is 410 g/mol. The van der Waals surface area contributed by atoms with Gasteiger partial charge in [-0.05, 0) is 52.7 Å². The first-order valence-electron chi connectivity index (χ1n) is 5.49. The summed E-state index contributed by atoms with van der Waals surface area (Å²) in [5.41, 5.74) is 7.01. The van der Waals surface area contributed by atoms with E-state index in [4.69, 9.17) is 5.73 Å². The van der Waals surface area contributed by atoms with Crippen molar-refractivity contribution < 1.29 is 8.42 Å². The van der Waals surface area contributed by atoms with E-state index < -0.39 is 10.0 Å². The van der Waals surface area contributed by atoms with Crippen molar-refractivity contribution in [3.8, 4) is 0 Å². The molecule has 0 aliphatic carbocycles. The SMILES string of the molecule is Cc1cc(NS(=O)(=O)c2cc(Br)cnc2N)ccc1Br. The number of nitrogens with one attached hydrogen (secondary N) is 1. The van der Waals surface area contributed by atoms with Crippen LogP contribution in [0.3, 0.4) is 0 Å². The molecule has 0 amide bonds. The summed E-state index contributed by atoms with van der Waals surface area (Å²) < 4.78 is 28.5. The van der Waals surface area contributed by atoms with Crippen molar-refractivity contribution in [2.75, 3.05) is 10.5 Å². The number of halogens is 2. The molecular formula is C12H11Br2N3O2S. The van der Waals surface area contributed by atoms with E-state index in [1.807, 2.05) is 6.92 Å². The molecule has 2 rings (SSSR count). The van der Waals surface area contributed by atoms with Gasteiger partial charge in [-0.15, -0.1) is 0 Å². The lowest BCUT2D eigenvalue weighted by Gasteiger charge is -2.11. The first kappa shape index (κ1) is 15.3. The van der Waals surface area contributed by atoms with Crippen LogP contribution in [0.15, 0.2) is 44.3 Å². The molecule has 1 aromatic carbocycles. The highest BCUT2D eigenvalue weighted by molar-refractivity contribution is 9.10. The molecule has 0 saturated heterocycles. The van der Waals surface area contributed by atoms with Crippen LogP contribution in [0.4, 0.5) is 11.5 Å². The monoisotopic (exact) mass is 419 g/mol. The zero-order valence-electron chi connectivity index (χ0n) is 10.4. The summed E-state index contributed by atoms with van der Waals surface area (Å²) in [6.45, 7) is 1.87. The van der Waals surface area contributed by atoms with Gasteiger partial charge in [-0.3, -0.25) is 4.72 Å². The van der Waals surface area contributed by atoms with E-state index in [0.29, 0.717) is 10.2 Å². The second-order valence-electron chi connectivity index (χ2n) is 4.11. The Balaban J connectivity index is 2.40. The molecule has 2 aromatic rings. The van der Waals surface area contributed by atoms with Crippen molar-refractivity contribution in [2.24, 2.45) is 0 Å². The zero-order valence-corrected chi connectivity index (χ0v) is 14.4. The molecule has 5 nitrogen and oxygen atoms in total. The second kappa shape index (κ2) is 5.71. The third-order valence-corrected chi connectivity index (χ3v) is 5.28. The van der Waals surface area contributed by atoms with Crippen molar-refractivity contribution in [1.29, 1.82) is 0 Å². The average molecular weight is 421 g/mol. The zero-order chi connectivity index (χ0) is 14.9. The number of nitrogens with two attached hydrogens (primary N) is 1. The molecule has 3 N–H and O–H groups in total. The van der Waals surface area contributed by atoms with E-state index in [-0.39, 0.29) is 10.7 Å². The van der Waals surface area contributed by atoms with Gasteiger partial charge in [-0.1, -0.05) is 15.9 Å². The van der Waals surface area contributed by atoms with Crippen LogP contribution in [0.1, 0.15) is 5.56 Å². The van der Waals surface area contributed by atoms with Gasteiger partial charge in [0.1, 0.15) is 10.7 Å². The number of pyridine rings is 1. The molecule has 0 atom stereocenters. The Labute approximate surface area is 133 Å². The summed E-state index contributed by atoms with van der Waals surface area (Å²) in [5, 5.41) is 0. The Morgan fingerprint density at radius 2 is 1.95 bits per heavy atom. The predicted octanol–water partition coefficient (Wildman–Crippen LogP) is 3.30. The van der Waals surface area contributed by atoms with E-state index in [9.17, 15) is 8.42 Å². The second-order valence-corrected chi connectivity index (χ2v) is 7.53. The van der Waals surface area contributed by atoms with Crippen LogP contribution in [0.5, 0.6) is 0 Å². The number of nitrogen functional groups attached to an aromatic ring is 1. The van der Waals surface area contributed by atoms with Crippen molar-refractivity contribution >= 4 is 53.4 Å². The van der Waals surface area contributed by atoms with Gasteiger partial charge in [-0.2, -0.15) is 0 Å². The average Bonchev–Trinajstić information content (AvgIpc) is 2.36. The Hall–Kier alpha value is -1.12. The highest BCUT2D eigenvalue weighted by Crippen LogP contribution is 2.25. The number of hydrogen-bond acceptors (Lipinski definition) is 4. The normalized spacial score (nSPS) is 11.3. The van der Waals surface area contributed by atoms with E-state index in [1.165, 1.54) is 12.3 Å². The molecule has 0 unspecified atom stereocenters. The molecule has 0 aliphatic heterocycles. The Morgan fingerprint density at radius 1 is 1.25 bits per heavy atom. The van der Waals surface area contributed by atoms with Crippen molar-refractivity contribution in [3.63, 3.8) is 0 Å². The van der Waals surface area contributed by atoms with Gasteiger partial charge < -0.3 is 5.73 Å². The van der Waals surface area contributed by atoms with Crippen molar-refractivity contribution in [2.45, 2.75) is 11.8 Å². The van der Waals surface area contributed by atoms with Crippen LogP contribution in [-0.2, 0) is 10.0 Å². The smallest absolute Gasteiger partial charge is 0.265 e. The maximum absolute atomic E-state index is 12.3. The first-order chi connectivity index (χ1) is 9.29. The van der Waals surface area contributed by atoms with Gasteiger partial charge in [0, 0.05) is 20.8 Å². The number of aromatic nitrogens is 1. The number of rotatable bonds is 3. The van der Waals surface area contributed by atoms with Gasteiger partial charge in [0.2, 0.25) is 0 Å². The van der Waals surface area contributed by atoms with Crippen LogP contribution >= 0.6 is 31.9 Å². The maximum atomic E-state index is 12.3. The molecule has 106 valence electrons. The van der Waals surface area contributed by atoms with E-state index >= 15 is 0 Å². The summed E-state index contributed by atoms with van der Waals surface area (Å²) in [7, 11) is -3.78. The summed E-state index contributed by atoms with van der Waals surface area (Å²) in [6.07, 6.45) is 1.44. The molecule has 0 spiro atoms. The lowest BCUT2D eigenvalue weighted by atomic mass is 10.2. The van der Waals surface area contributed by atoms with Crippen molar-refractivity contribution in [3.05, 3.63) is 45.0 Å². The van der Waals surface area contributed by atoms with Crippen molar-refractivity contribution in [1.82, 2.24) is 4.98 Å². The molecule has 0 bridgehead atoms. The van der Waals surface area contributed by atoms with Crippen LogP contribution in [0.25, 0.3) is 0 Å². The maximum Gasteiger partial charge on any atom is 0.265 e. The third-order valence-electron chi connectivity index (χ3n) is 2.55. The Bertz CT molecular complexity index is 763.